The van der Waals surface area contributed by atoms with E-state index in [0.717, 1.165) is 27.4 Å². The van der Waals surface area contributed by atoms with Crippen LogP contribution in [0.5, 0.6) is 0 Å². The van der Waals surface area contributed by atoms with Gasteiger partial charge in [0.2, 0.25) is 0 Å². The second kappa shape index (κ2) is 4.76. The molecule has 0 spiro atoms. The molecule has 3 rings (SSSR count). The molecule has 0 atom stereocenters. The van der Waals surface area contributed by atoms with Gasteiger partial charge in [-0.3, -0.25) is 0 Å². The molecule has 0 aliphatic heterocycles. The Hall–Kier alpha value is -2.14. The first kappa shape index (κ1) is 12.9. The largest absolute Gasteiger partial charge is 0.396 e. The minimum atomic E-state index is -0.249. The minimum Gasteiger partial charge on any atom is -0.396 e. The Morgan fingerprint density at radius 3 is 2.65 bits per heavy atom. The molecule has 2 aromatic heterocycles. The van der Waals surface area contributed by atoms with Gasteiger partial charge >= 0.3 is 0 Å². The van der Waals surface area contributed by atoms with E-state index < -0.39 is 0 Å². The van der Waals surface area contributed by atoms with Gasteiger partial charge in [0.25, 0.3) is 0 Å². The van der Waals surface area contributed by atoms with Crippen molar-refractivity contribution in [1.29, 1.82) is 0 Å². The van der Waals surface area contributed by atoms with Gasteiger partial charge in [-0.15, -0.1) is 11.3 Å². The maximum atomic E-state index is 13.2. The Morgan fingerprint density at radius 2 is 2.00 bits per heavy atom. The summed E-state index contributed by atoms with van der Waals surface area (Å²) < 4.78 is 14.9. The highest BCUT2D eigenvalue weighted by molar-refractivity contribution is 7.13. The van der Waals surface area contributed by atoms with Crippen molar-refractivity contribution in [2.75, 3.05) is 5.73 Å². The zero-order chi connectivity index (χ0) is 14.3. The number of halogens is 1. The minimum absolute atomic E-state index is 0.249. The lowest BCUT2D eigenvalue weighted by Gasteiger charge is -2.05. The molecule has 20 heavy (non-hydrogen) atoms. The van der Waals surface area contributed by atoms with Gasteiger partial charge < -0.3 is 5.73 Å². The number of benzene rings is 1. The van der Waals surface area contributed by atoms with Gasteiger partial charge in [-0.25, -0.2) is 9.07 Å². The summed E-state index contributed by atoms with van der Waals surface area (Å²) in [6.45, 7) is 3.89. The van der Waals surface area contributed by atoms with E-state index in [1.54, 1.807) is 28.3 Å². The summed E-state index contributed by atoms with van der Waals surface area (Å²) in [6, 6.07) is 6.67. The molecule has 3 nitrogen and oxygen atoms in total. The first-order valence-corrected chi connectivity index (χ1v) is 7.10. The molecule has 0 aliphatic carbocycles. The Kier molecular flexibility index (Phi) is 3.06. The van der Waals surface area contributed by atoms with Crippen LogP contribution < -0.4 is 5.73 Å². The highest BCUT2D eigenvalue weighted by Crippen LogP contribution is 2.32. The number of thiophene rings is 1. The summed E-state index contributed by atoms with van der Waals surface area (Å²) in [5, 5.41) is 6.57. The van der Waals surface area contributed by atoms with Crippen molar-refractivity contribution >= 4 is 17.0 Å². The molecular formula is C15H14FN3S. The van der Waals surface area contributed by atoms with Crippen LogP contribution in [-0.2, 0) is 0 Å². The summed E-state index contributed by atoms with van der Waals surface area (Å²) in [7, 11) is 0. The van der Waals surface area contributed by atoms with Crippen LogP contribution in [0, 0.1) is 19.7 Å². The summed E-state index contributed by atoms with van der Waals surface area (Å²) in [6.07, 6.45) is 1.77. The van der Waals surface area contributed by atoms with Crippen molar-refractivity contribution in [2.45, 2.75) is 13.8 Å². The van der Waals surface area contributed by atoms with Gasteiger partial charge in [0.1, 0.15) is 11.5 Å². The molecular weight excluding hydrogens is 273 g/mol. The lowest BCUT2D eigenvalue weighted by atomic mass is 10.2. The summed E-state index contributed by atoms with van der Waals surface area (Å²) in [5.41, 5.74) is 10.3. The predicted octanol–water partition coefficient (Wildman–Crippen LogP) is 3.94. The van der Waals surface area contributed by atoms with E-state index in [4.69, 9.17) is 5.73 Å². The van der Waals surface area contributed by atoms with E-state index in [1.165, 1.54) is 12.1 Å². The smallest absolute Gasteiger partial charge is 0.126 e. The molecule has 102 valence electrons. The van der Waals surface area contributed by atoms with Crippen LogP contribution in [0.4, 0.5) is 10.1 Å². The number of aromatic nitrogens is 2. The number of nitrogen functional groups attached to an aromatic ring is 1. The van der Waals surface area contributed by atoms with Gasteiger partial charge in [0.05, 0.1) is 22.4 Å². The Bertz CT molecular complexity index is 773. The van der Waals surface area contributed by atoms with Crippen molar-refractivity contribution in [2.24, 2.45) is 0 Å². The van der Waals surface area contributed by atoms with Crippen molar-refractivity contribution in [3.63, 3.8) is 0 Å². The molecule has 2 heterocycles. The standard InChI is InChI=1S/C15H14FN3S/c1-9-5-6-20-15(9)14-12(17)8-19(18-14)13-4-3-11(16)7-10(13)2/h3-8H,17H2,1-2H3. The average Bonchev–Trinajstić information content (AvgIpc) is 2.95. The van der Waals surface area contributed by atoms with Crippen molar-refractivity contribution in [3.8, 4) is 16.3 Å². The first-order valence-electron chi connectivity index (χ1n) is 6.22. The lowest BCUT2D eigenvalue weighted by molar-refractivity contribution is 0.625. The highest BCUT2D eigenvalue weighted by Gasteiger charge is 2.14. The SMILES string of the molecule is Cc1cc(F)ccc1-n1cc(N)c(-c2sccc2C)n1. The maximum Gasteiger partial charge on any atom is 0.126 e. The van der Waals surface area contributed by atoms with Gasteiger partial charge in [-0.2, -0.15) is 5.10 Å². The van der Waals surface area contributed by atoms with Crippen molar-refractivity contribution < 1.29 is 4.39 Å². The molecule has 0 radical (unpaired) electrons. The molecule has 5 heteroatoms. The highest BCUT2D eigenvalue weighted by atomic mass is 32.1. The normalized spacial score (nSPS) is 10.9. The molecule has 0 saturated carbocycles. The third-order valence-corrected chi connectivity index (χ3v) is 4.25. The third-order valence-electron chi connectivity index (χ3n) is 3.23. The number of rotatable bonds is 2. The van der Waals surface area contributed by atoms with Crippen LogP contribution in [0.25, 0.3) is 16.3 Å². The van der Waals surface area contributed by atoms with Crippen LogP contribution >= 0.6 is 11.3 Å². The van der Waals surface area contributed by atoms with Crippen LogP contribution in [0.1, 0.15) is 11.1 Å². The van der Waals surface area contributed by atoms with Crippen molar-refractivity contribution in [1.82, 2.24) is 9.78 Å². The average molecular weight is 287 g/mol. The Labute approximate surface area is 120 Å². The lowest BCUT2D eigenvalue weighted by Crippen LogP contribution is -1.98. The predicted molar refractivity (Wildman–Crippen MR) is 80.7 cm³/mol. The second-order valence-electron chi connectivity index (χ2n) is 4.74. The number of aryl methyl sites for hydroxylation is 2. The van der Waals surface area contributed by atoms with Crippen molar-refractivity contribution in [3.05, 3.63) is 52.8 Å². The van der Waals surface area contributed by atoms with Crippen LogP contribution in [-0.4, -0.2) is 9.78 Å². The fourth-order valence-electron chi connectivity index (χ4n) is 2.18. The third kappa shape index (κ3) is 2.10. The summed E-state index contributed by atoms with van der Waals surface area (Å²) in [5.74, 6) is -0.249. The van der Waals surface area contributed by atoms with Gasteiger partial charge in [0.15, 0.2) is 0 Å². The summed E-state index contributed by atoms with van der Waals surface area (Å²) in [4.78, 5) is 1.07. The zero-order valence-electron chi connectivity index (χ0n) is 11.2. The molecule has 0 saturated heterocycles. The van der Waals surface area contributed by atoms with Crippen LogP contribution in [0.2, 0.25) is 0 Å². The molecule has 1 aromatic carbocycles. The monoisotopic (exact) mass is 287 g/mol. The molecule has 0 unspecified atom stereocenters. The van der Waals surface area contributed by atoms with Gasteiger partial charge in [-0.1, -0.05) is 0 Å². The Balaban J connectivity index is 2.11. The number of anilines is 1. The van der Waals surface area contributed by atoms with E-state index in [9.17, 15) is 4.39 Å². The number of nitrogens with two attached hydrogens (primary N) is 1. The first-order chi connectivity index (χ1) is 9.56. The summed E-state index contributed by atoms with van der Waals surface area (Å²) >= 11 is 1.62. The van der Waals surface area contributed by atoms with E-state index in [2.05, 4.69) is 5.10 Å². The Morgan fingerprint density at radius 1 is 1.20 bits per heavy atom. The fourth-order valence-corrected chi connectivity index (χ4v) is 3.11. The topological polar surface area (TPSA) is 43.8 Å². The quantitative estimate of drug-likeness (QED) is 0.776. The van der Waals surface area contributed by atoms with E-state index >= 15 is 0 Å². The molecule has 0 bridgehead atoms. The number of nitrogens with zero attached hydrogens (tertiary/aromatic N) is 2. The van der Waals surface area contributed by atoms with E-state index in [0.29, 0.717) is 5.69 Å². The van der Waals surface area contributed by atoms with E-state index in [1.807, 2.05) is 25.3 Å². The fraction of sp³-hybridized carbons (Fsp3) is 0.133. The molecule has 0 fully saturated rings. The van der Waals surface area contributed by atoms with Crippen LogP contribution in [0.3, 0.4) is 0 Å². The molecule has 3 aromatic rings. The van der Waals surface area contributed by atoms with Gasteiger partial charge in [0, 0.05) is 0 Å². The maximum absolute atomic E-state index is 13.2. The number of hydrogen-bond donors (Lipinski definition) is 1. The molecule has 0 amide bonds. The van der Waals surface area contributed by atoms with E-state index in [-0.39, 0.29) is 5.82 Å². The molecule has 0 aliphatic rings. The molecule has 2 N–H and O–H groups in total. The van der Waals surface area contributed by atoms with Crippen LogP contribution in [0.15, 0.2) is 35.8 Å². The number of hydrogen-bond acceptors (Lipinski definition) is 3. The second-order valence-corrected chi connectivity index (χ2v) is 5.66. The van der Waals surface area contributed by atoms with Gasteiger partial charge in [-0.05, 0) is 54.6 Å². The zero-order valence-corrected chi connectivity index (χ0v) is 12.0.